The Balaban J connectivity index is 1.95. The van der Waals surface area contributed by atoms with Gasteiger partial charge in [-0.1, -0.05) is 38.5 Å². The molecule has 0 amide bonds. The van der Waals surface area contributed by atoms with Crippen molar-refractivity contribution in [2.45, 2.75) is 51.9 Å². The largest absolute Gasteiger partial charge is 0.458 e. The van der Waals surface area contributed by atoms with Gasteiger partial charge in [0.15, 0.2) is 5.60 Å². The molecule has 0 saturated carbocycles. The third-order valence-electron chi connectivity index (χ3n) is 6.48. The minimum absolute atomic E-state index is 0.0402. The van der Waals surface area contributed by atoms with Crippen LogP contribution in [-0.4, -0.2) is 25.6 Å². The lowest BCUT2D eigenvalue weighted by atomic mass is 9.84. The third-order valence-corrected chi connectivity index (χ3v) is 6.48. The first-order chi connectivity index (χ1) is 15.3. The Labute approximate surface area is 182 Å². The predicted molar refractivity (Wildman–Crippen MR) is 115 cm³/mol. The van der Waals surface area contributed by atoms with E-state index in [-0.39, 0.29) is 29.8 Å². The van der Waals surface area contributed by atoms with Gasteiger partial charge in [-0.15, -0.1) is 0 Å². The number of carbonyl (C=O) groups is 1. The van der Waals surface area contributed by atoms with Crippen LogP contribution in [-0.2, 0) is 34.7 Å². The van der Waals surface area contributed by atoms with E-state index in [1.54, 1.807) is 0 Å². The maximum atomic E-state index is 13.4. The Hall–Kier alpha value is -3.59. The van der Waals surface area contributed by atoms with Crippen LogP contribution in [0.15, 0.2) is 29.1 Å². The summed E-state index contributed by atoms with van der Waals surface area (Å²) in [4.78, 5) is 42.3. The normalized spacial score (nSPS) is 18.8. The number of esters is 1. The third kappa shape index (κ3) is 2.51. The van der Waals surface area contributed by atoms with Crippen LogP contribution in [0.5, 0.6) is 0 Å². The molecule has 164 valence electrons. The summed E-state index contributed by atoms with van der Waals surface area (Å²) in [6.45, 7) is 3.29. The number of ether oxygens (including phenoxy) is 1. The van der Waals surface area contributed by atoms with Gasteiger partial charge in [0, 0.05) is 10.9 Å². The smallest absolute Gasteiger partial charge is 0.343 e. The van der Waals surface area contributed by atoms with Crippen LogP contribution in [0.3, 0.4) is 0 Å². The molecule has 0 bridgehead atoms. The number of hydrogen-bond acceptors (Lipinski definition) is 7. The highest BCUT2D eigenvalue weighted by atomic mass is 16.6. The first-order valence-corrected chi connectivity index (χ1v) is 10.6. The maximum Gasteiger partial charge on any atom is 0.343 e. The number of cyclic esters (lactones) is 1. The summed E-state index contributed by atoms with van der Waals surface area (Å²) in [5.74, 6) is -0.990. The van der Waals surface area contributed by atoms with Gasteiger partial charge in [-0.05, 0) is 24.5 Å². The van der Waals surface area contributed by atoms with Crippen molar-refractivity contribution in [1.29, 1.82) is 0 Å². The number of para-hydroxylation sites is 1. The molecule has 2 aromatic heterocycles. The Morgan fingerprint density at radius 2 is 2.00 bits per heavy atom. The number of aromatic nitrogens is 2. The molecule has 1 N–H and O–H groups in total. The molecule has 0 aliphatic carbocycles. The molecule has 9 nitrogen and oxygen atoms in total. The van der Waals surface area contributed by atoms with Crippen molar-refractivity contribution in [3.05, 3.63) is 67.0 Å². The van der Waals surface area contributed by atoms with E-state index in [2.05, 4.69) is 0 Å². The number of rotatable bonds is 4. The summed E-state index contributed by atoms with van der Waals surface area (Å²) in [5.41, 5.74) is -0.717. The van der Waals surface area contributed by atoms with Crippen molar-refractivity contribution < 1.29 is 19.6 Å². The molecule has 2 aliphatic heterocycles. The lowest BCUT2D eigenvalue weighted by Crippen LogP contribution is -2.45. The van der Waals surface area contributed by atoms with Gasteiger partial charge in [-0.25, -0.2) is 9.78 Å². The van der Waals surface area contributed by atoms with Gasteiger partial charge < -0.3 is 9.84 Å². The fourth-order valence-electron chi connectivity index (χ4n) is 4.97. The molecule has 0 fully saturated rings. The monoisotopic (exact) mass is 435 g/mol. The second-order valence-corrected chi connectivity index (χ2v) is 8.17. The fraction of sp³-hybridized carbons (Fsp3) is 0.348. The highest BCUT2D eigenvalue weighted by Crippen LogP contribution is 2.47. The lowest BCUT2D eigenvalue weighted by Gasteiger charge is -2.31. The van der Waals surface area contributed by atoms with Crippen molar-refractivity contribution in [2.75, 3.05) is 0 Å². The number of benzene rings is 1. The molecule has 4 heterocycles. The van der Waals surface area contributed by atoms with Gasteiger partial charge in [0.2, 0.25) is 0 Å². The van der Waals surface area contributed by atoms with E-state index in [0.717, 1.165) is 29.4 Å². The van der Waals surface area contributed by atoms with Crippen molar-refractivity contribution in [2.24, 2.45) is 0 Å². The summed E-state index contributed by atoms with van der Waals surface area (Å²) >= 11 is 0. The standard InChI is InChI=1S/C23H21N3O6/c1-3-7-12-13-8-5-6-9-16(13)24-18-14(12)10-25-20(18)19(26(30)31)17-15(21(25)27)11-32-22(28)23(17,29)4-2/h5-6,8-9,29H,3-4,7,10-11H2,1-2H3/t23-/m0/s1. The van der Waals surface area contributed by atoms with Gasteiger partial charge in [0.25, 0.3) is 5.56 Å². The average molecular weight is 435 g/mol. The van der Waals surface area contributed by atoms with Crippen LogP contribution in [0, 0.1) is 10.1 Å². The molecule has 1 aromatic carbocycles. The first-order valence-electron chi connectivity index (χ1n) is 10.6. The zero-order valence-corrected chi connectivity index (χ0v) is 17.7. The summed E-state index contributed by atoms with van der Waals surface area (Å²) in [5, 5.41) is 24.4. The van der Waals surface area contributed by atoms with Crippen LogP contribution in [0.1, 0.15) is 48.9 Å². The van der Waals surface area contributed by atoms with E-state index in [1.807, 2.05) is 31.2 Å². The molecule has 1 atom stereocenters. The summed E-state index contributed by atoms with van der Waals surface area (Å²) < 4.78 is 6.38. The van der Waals surface area contributed by atoms with Crippen LogP contribution < -0.4 is 5.56 Å². The van der Waals surface area contributed by atoms with E-state index < -0.39 is 34.3 Å². The average Bonchev–Trinajstić information content (AvgIpc) is 3.16. The Kier molecular flexibility index (Phi) is 4.42. The molecule has 9 heteroatoms. The number of pyridine rings is 2. The van der Waals surface area contributed by atoms with Gasteiger partial charge in [0.05, 0.1) is 33.8 Å². The molecule has 5 rings (SSSR count). The van der Waals surface area contributed by atoms with E-state index in [4.69, 9.17) is 9.72 Å². The topological polar surface area (TPSA) is 125 Å². The zero-order chi connectivity index (χ0) is 22.8. The van der Waals surface area contributed by atoms with Crippen molar-refractivity contribution >= 4 is 22.6 Å². The van der Waals surface area contributed by atoms with E-state index in [1.165, 1.54) is 11.5 Å². The molecule has 0 unspecified atom stereocenters. The van der Waals surface area contributed by atoms with E-state index in [9.17, 15) is 24.8 Å². The number of nitrogens with zero attached hydrogens (tertiary/aromatic N) is 3. The van der Waals surface area contributed by atoms with Crippen LogP contribution in [0.2, 0.25) is 0 Å². The number of aryl methyl sites for hydroxylation is 1. The molecule has 2 aliphatic rings. The molecular formula is C23H21N3O6. The first kappa shape index (κ1) is 20.3. The summed E-state index contributed by atoms with van der Waals surface area (Å²) in [7, 11) is 0. The van der Waals surface area contributed by atoms with Crippen molar-refractivity contribution in [3.8, 4) is 11.4 Å². The number of fused-ring (bicyclic) bond motifs is 5. The Bertz CT molecular complexity index is 1390. The zero-order valence-electron chi connectivity index (χ0n) is 17.7. The highest BCUT2D eigenvalue weighted by Gasteiger charge is 2.51. The molecule has 32 heavy (non-hydrogen) atoms. The predicted octanol–water partition coefficient (Wildman–Crippen LogP) is 2.94. The van der Waals surface area contributed by atoms with Crippen LogP contribution in [0.25, 0.3) is 22.3 Å². The SMILES string of the molecule is CCCc1c2c(nc3ccccc13)-c1c([N+](=O)[O-])c3c(c(=O)n1C2)COC(=O)[C@]3(O)CC. The Morgan fingerprint density at radius 1 is 1.25 bits per heavy atom. The molecule has 3 aromatic rings. The number of nitro groups is 1. The second kappa shape index (κ2) is 6.96. The van der Waals surface area contributed by atoms with Gasteiger partial charge in [0.1, 0.15) is 12.3 Å². The van der Waals surface area contributed by atoms with Gasteiger partial charge >= 0.3 is 11.7 Å². The van der Waals surface area contributed by atoms with E-state index in [0.29, 0.717) is 11.2 Å². The molecule has 0 saturated heterocycles. The Morgan fingerprint density at radius 3 is 2.69 bits per heavy atom. The van der Waals surface area contributed by atoms with Crippen molar-refractivity contribution in [3.63, 3.8) is 0 Å². The number of hydrogen-bond donors (Lipinski definition) is 1. The van der Waals surface area contributed by atoms with Gasteiger partial charge in [-0.2, -0.15) is 0 Å². The van der Waals surface area contributed by atoms with Crippen LogP contribution in [0.4, 0.5) is 5.69 Å². The fourth-order valence-corrected chi connectivity index (χ4v) is 4.97. The lowest BCUT2D eigenvalue weighted by molar-refractivity contribution is -0.386. The van der Waals surface area contributed by atoms with Crippen molar-refractivity contribution in [1.82, 2.24) is 9.55 Å². The summed E-state index contributed by atoms with van der Waals surface area (Å²) in [6, 6.07) is 7.54. The van der Waals surface area contributed by atoms with Crippen LogP contribution >= 0.6 is 0 Å². The quantitative estimate of drug-likeness (QED) is 0.297. The van der Waals surface area contributed by atoms with Gasteiger partial charge in [-0.3, -0.25) is 19.5 Å². The number of carbonyl (C=O) groups excluding carboxylic acids is 1. The maximum absolute atomic E-state index is 13.4. The minimum atomic E-state index is -2.27. The van der Waals surface area contributed by atoms with E-state index >= 15 is 0 Å². The molecule has 0 radical (unpaired) electrons. The highest BCUT2D eigenvalue weighted by molar-refractivity contribution is 5.92. The molecular weight excluding hydrogens is 414 g/mol. The number of aliphatic hydroxyl groups is 1. The second-order valence-electron chi connectivity index (χ2n) is 8.17. The minimum Gasteiger partial charge on any atom is -0.458 e. The summed E-state index contributed by atoms with van der Waals surface area (Å²) in [6.07, 6.45) is 1.41. The molecule has 0 spiro atoms.